The Morgan fingerprint density at radius 3 is 2.62 bits per heavy atom. The Balaban J connectivity index is 1.67. The number of fused-ring (bicyclic) bond motifs is 1. The van der Waals surface area contributed by atoms with E-state index >= 15 is 0 Å². The summed E-state index contributed by atoms with van der Waals surface area (Å²) >= 11 is 0. The summed E-state index contributed by atoms with van der Waals surface area (Å²) < 4.78 is 25.0. The topological polar surface area (TPSA) is 114 Å². The molecule has 0 aliphatic carbocycles. The monoisotopic (exact) mass is 381 g/mol. The van der Waals surface area contributed by atoms with Crippen molar-refractivity contribution in [1.82, 2.24) is 9.88 Å². The lowest BCUT2D eigenvalue weighted by Crippen LogP contribution is -2.34. The summed E-state index contributed by atoms with van der Waals surface area (Å²) in [6.45, 7) is 2.70. The molecule has 0 saturated carbocycles. The van der Waals surface area contributed by atoms with Gasteiger partial charge in [-0.1, -0.05) is 6.42 Å². The van der Waals surface area contributed by atoms with Gasteiger partial charge in [-0.05, 0) is 63.2 Å². The van der Waals surface area contributed by atoms with Crippen LogP contribution in [0.2, 0.25) is 0 Å². The van der Waals surface area contributed by atoms with Crippen molar-refractivity contribution < 1.29 is 23.5 Å². The van der Waals surface area contributed by atoms with Gasteiger partial charge in [0.05, 0.1) is 11.4 Å². The molecule has 0 bridgehead atoms. The average Bonchev–Trinajstić information content (AvgIpc) is 3.05. The van der Waals surface area contributed by atoms with Crippen LogP contribution in [0.5, 0.6) is 0 Å². The number of H-pyrrole nitrogens is 1. The number of hydrogen-bond donors (Lipinski definition) is 3. The van der Waals surface area contributed by atoms with Gasteiger partial charge in [0, 0.05) is 10.9 Å². The number of sulfonamides is 1. The lowest BCUT2D eigenvalue weighted by atomic mass is 10.1. The second-order valence-corrected chi connectivity index (χ2v) is 8.49. The van der Waals surface area contributed by atoms with Gasteiger partial charge in [-0.2, -0.15) is 0 Å². The van der Waals surface area contributed by atoms with Gasteiger partial charge in [0.25, 0.3) is 10.0 Å². The molecule has 0 unspecified atom stereocenters. The van der Waals surface area contributed by atoms with E-state index in [2.05, 4.69) is 9.88 Å². The lowest BCUT2D eigenvalue weighted by molar-refractivity contribution is 0.0691. The molecule has 1 saturated heterocycles. The zero-order chi connectivity index (χ0) is 18.7. The van der Waals surface area contributed by atoms with Crippen LogP contribution in [0.15, 0.2) is 24.3 Å². The van der Waals surface area contributed by atoms with Crippen molar-refractivity contribution in [3.63, 3.8) is 0 Å². The van der Waals surface area contributed by atoms with Crippen LogP contribution in [0.4, 0.5) is 5.69 Å². The van der Waals surface area contributed by atoms with Gasteiger partial charge in [0.15, 0.2) is 0 Å². The second kappa shape index (κ2) is 7.65. The normalized spacial score (nSPS) is 16.0. The smallest absolute Gasteiger partial charge is 0.352 e. The van der Waals surface area contributed by atoms with Crippen LogP contribution < -0.4 is 4.47 Å². The fourth-order valence-electron chi connectivity index (χ4n) is 3.25. The molecule has 8 nitrogen and oxygen atoms in total. The third-order valence-corrected chi connectivity index (χ3v) is 6.19. The molecular formula is C17H23N3O5S. The van der Waals surface area contributed by atoms with Crippen LogP contribution in [0.3, 0.4) is 0 Å². The zero-order valence-electron chi connectivity index (χ0n) is 14.4. The molecule has 3 N–H and O–H groups in total. The summed E-state index contributed by atoms with van der Waals surface area (Å²) in [4.78, 5) is 16.0. The maximum atomic E-state index is 12.4. The van der Waals surface area contributed by atoms with Crippen LogP contribution in [0, 0.1) is 0 Å². The minimum Gasteiger partial charge on any atom is -0.477 e. The highest BCUT2D eigenvalue weighted by Crippen LogP contribution is 2.24. The maximum absolute atomic E-state index is 12.4. The number of benzene rings is 1. The molecule has 1 fully saturated rings. The lowest BCUT2D eigenvalue weighted by Gasteiger charge is -2.26. The average molecular weight is 381 g/mol. The number of carboxylic acids is 1. The number of anilines is 1. The number of carboxylic acid groups (broad SMARTS) is 1. The van der Waals surface area contributed by atoms with Crippen molar-refractivity contribution in [2.75, 3.05) is 29.9 Å². The van der Waals surface area contributed by atoms with E-state index in [-0.39, 0.29) is 21.6 Å². The number of aromatic amines is 1. The molecule has 1 aliphatic rings. The SMILES string of the molecule is O=C(O)c1cc2cc(N(O)S(=O)(=O)CCCN3CCCCC3)ccc2[nH]1. The van der Waals surface area contributed by atoms with E-state index in [4.69, 9.17) is 5.11 Å². The van der Waals surface area contributed by atoms with E-state index in [1.807, 2.05) is 0 Å². The summed E-state index contributed by atoms with van der Waals surface area (Å²) in [5, 5.41) is 19.7. The first-order valence-corrected chi connectivity index (χ1v) is 10.3. The van der Waals surface area contributed by atoms with E-state index < -0.39 is 16.0 Å². The number of aromatic nitrogens is 1. The molecule has 0 amide bonds. The van der Waals surface area contributed by atoms with Gasteiger partial charge in [-0.25, -0.2) is 13.2 Å². The fraction of sp³-hybridized carbons (Fsp3) is 0.471. The number of carbonyl (C=O) groups is 1. The number of hydrogen-bond acceptors (Lipinski definition) is 5. The van der Waals surface area contributed by atoms with E-state index in [1.165, 1.54) is 24.6 Å². The molecule has 0 atom stereocenters. The van der Waals surface area contributed by atoms with E-state index in [1.54, 1.807) is 6.07 Å². The molecule has 0 radical (unpaired) electrons. The summed E-state index contributed by atoms with van der Waals surface area (Å²) in [7, 11) is -3.86. The predicted octanol–water partition coefficient (Wildman–Crippen LogP) is 2.27. The van der Waals surface area contributed by atoms with Crippen molar-refractivity contribution in [1.29, 1.82) is 0 Å². The number of nitrogens with one attached hydrogen (secondary N) is 1. The van der Waals surface area contributed by atoms with E-state index in [9.17, 15) is 18.4 Å². The number of rotatable bonds is 7. The standard InChI is InChI=1S/C17H23N3O5S/c21-17(22)16-12-13-11-14(5-6-15(13)18-16)20(23)26(24,25)10-4-9-19-7-2-1-3-8-19/h5-6,11-12,18,23H,1-4,7-10H2,(H,21,22). The third-order valence-electron chi connectivity index (χ3n) is 4.64. The van der Waals surface area contributed by atoms with E-state index in [0.717, 1.165) is 25.9 Å². The maximum Gasteiger partial charge on any atom is 0.352 e. The number of piperidine rings is 1. The predicted molar refractivity (Wildman–Crippen MR) is 98.2 cm³/mol. The van der Waals surface area contributed by atoms with Gasteiger partial charge < -0.3 is 15.0 Å². The quantitative estimate of drug-likeness (QED) is 0.634. The molecule has 2 heterocycles. The van der Waals surface area contributed by atoms with Gasteiger partial charge >= 0.3 is 5.97 Å². The highest BCUT2D eigenvalue weighted by Gasteiger charge is 2.22. The molecule has 3 rings (SSSR count). The molecule has 142 valence electrons. The van der Waals surface area contributed by atoms with Crippen molar-refractivity contribution in [3.05, 3.63) is 30.0 Å². The minimum absolute atomic E-state index is 0.00558. The Morgan fingerprint density at radius 2 is 1.92 bits per heavy atom. The fourth-order valence-corrected chi connectivity index (χ4v) is 4.36. The summed E-state index contributed by atoms with van der Waals surface area (Å²) in [5.41, 5.74) is 0.652. The molecule has 26 heavy (non-hydrogen) atoms. The van der Waals surface area contributed by atoms with Gasteiger partial charge in [0.2, 0.25) is 0 Å². The van der Waals surface area contributed by atoms with Crippen LogP contribution in [-0.2, 0) is 10.0 Å². The summed E-state index contributed by atoms with van der Waals surface area (Å²) in [5.74, 6) is -1.25. The molecule has 2 aromatic rings. The highest BCUT2D eigenvalue weighted by atomic mass is 32.2. The third kappa shape index (κ3) is 4.17. The molecule has 1 aromatic heterocycles. The van der Waals surface area contributed by atoms with Crippen molar-refractivity contribution in [2.24, 2.45) is 0 Å². The number of aromatic carboxylic acids is 1. The molecule has 0 spiro atoms. The Bertz CT molecular complexity index is 887. The van der Waals surface area contributed by atoms with Gasteiger partial charge in [0.1, 0.15) is 5.69 Å². The Labute approximate surface area is 152 Å². The molecule has 1 aromatic carbocycles. The van der Waals surface area contributed by atoms with Gasteiger partial charge in [-0.3, -0.25) is 5.21 Å². The highest BCUT2D eigenvalue weighted by molar-refractivity contribution is 7.92. The first kappa shape index (κ1) is 18.7. The summed E-state index contributed by atoms with van der Waals surface area (Å²) in [6, 6.07) is 5.83. The molecular weight excluding hydrogens is 358 g/mol. The first-order valence-electron chi connectivity index (χ1n) is 8.67. The first-order chi connectivity index (χ1) is 12.4. The Morgan fingerprint density at radius 1 is 1.19 bits per heavy atom. The van der Waals surface area contributed by atoms with Gasteiger partial charge in [-0.15, -0.1) is 4.47 Å². The second-order valence-electron chi connectivity index (χ2n) is 6.57. The Kier molecular flexibility index (Phi) is 5.49. The summed E-state index contributed by atoms with van der Waals surface area (Å²) in [6.07, 6.45) is 3.97. The van der Waals surface area contributed by atoms with Crippen LogP contribution in [-0.4, -0.2) is 60.0 Å². The zero-order valence-corrected chi connectivity index (χ0v) is 15.2. The van der Waals surface area contributed by atoms with Crippen LogP contribution in [0.25, 0.3) is 10.9 Å². The van der Waals surface area contributed by atoms with E-state index in [0.29, 0.717) is 23.9 Å². The largest absolute Gasteiger partial charge is 0.477 e. The minimum atomic E-state index is -3.86. The number of likely N-dealkylation sites (tertiary alicyclic amines) is 1. The van der Waals surface area contributed by atoms with Crippen molar-refractivity contribution in [3.8, 4) is 0 Å². The molecule has 1 aliphatic heterocycles. The Hall–Kier alpha value is -2.10. The van der Waals surface area contributed by atoms with Crippen molar-refractivity contribution in [2.45, 2.75) is 25.7 Å². The molecule has 9 heteroatoms. The number of nitrogens with zero attached hydrogens (tertiary/aromatic N) is 2. The van der Waals surface area contributed by atoms with Crippen LogP contribution >= 0.6 is 0 Å². The van der Waals surface area contributed by atoms with Crippen molar-refractivity contribution >= 4 is 32.6 Å². The van der Waals surface area contributed by atoms with Crippen LogP contribution in [0.1, 0.15) is 36.2 Å².